The van der Waals surface area contributed by atoms with Gasteiger partial charge in [0.1, 0.15) is 17.1 Å². The zero-order valence-electron chi connectivity index (χ0n) is 45.9. The molecular formula is C65H56N14O4. The van der Waals surface area contributed by atoms with Gasteiger partial charge < -0.3 is 44.9 Å². The summed E-state index contributed by atoms with van der Waals surface area (Å²) in [5, 5.41) is 12.7. The Bertz CT molecular complexity index is 4360. The van der Waals surface area contributed by atoms with Gasteiger partial charge >= 0.3 is 0 Å². The van der Waals surface area contributed by atoms with Crippen LogP contribution in [0.5, 0.6) is 0 Å². The third kappa shape index (κ3) is 10.4. The second-order valence-corrected chi connectivity index (χ2v) is 20.2. The maximum Gasteiger partial charge on any atom is 0.273 e. The summed E-state index contributed by atoms with van der Waals surface area (Å²) in [6, 6.07) is 38.3. The summed E-state index contributed by atoms with van der Waals surface area (Å²) in [6.45, 7) is 2.11. The highest BCUT2D eigenvalue weighted by atomic mass is 16.2. The highest BCUT2D eigenvalue weighted by Crippen LogP contribution is 2.43. The van der Waals surface area contributed by atoms with Crippen molar-refractivity contribution in [3.05, 3.63) is 199 Å². The van der Waals surface area contributed by atoms with Gasteiger partial charge in [-0.05, 0) is 79.3 Å². The first kappa shape index (κ1) is 52.7. The molecule has 0 saturated heterocycles. The number of carbonyl (C=O) groups excluding carboxylic acids is 4. The Labute approximate surface area is 476 Å². The largest absolute Gasteiger partial charge is 0.354 e. The molecule has 0 atom stereocenters. The van der Waals surface area contributed by atoms with Crippen molar-refractivity contribution in [2.24, 2.45) is 21.1 Å². The monoisotopic (exact) mass is 1100 g/mol. The third-order valence-corrected chi connectivity index (χ3v) is 14.7. The third-order valence-electron chi connectivity index (χ3n) is 14.7. The summed E-state index contributed by atoms with van der Waals surface area (Å²) in [5.41, 5.74) is 13.5. The molecule has 8 bridgehead atoms. The first-order valence-corrected chi connectivity index (χ1v) is 27.2. The molecule has 0 radical (unpaired) electrons. The van der Waals surface area contributed by atoms with E-state index in [-0.39, 0.29) is 23.6 Å². The van der Waals surface area contributed by atoms with Crippen molar-refractivity contribution in [3.8, 4) is 44.5 Å². The van der Waals surface area contributed by atoms with Crippen molar-refractivity contribution >= 4 is 92.7 Å². The van der Waals surface area contributed by atoms with Crippen LogP contribution in [0, 0.1) is 0 Å². The minimum absolute atomic E-state index is 0.0981. The number of H-pyrrole nitrogens is 2. The standard InChI is InChI=1S/C65H56N14O4/c1-5-6-7-24-58(80)73-43-20-12-8-16-39(43)59-47-25-27-49(69-47)60(40-17-9-13-21-44(40)74-63(81)55-33-66-36-77(55)2)51-29-31-53(71-51)62(42-19-11-15-23-46(42)76-65(83)57-35-68-38-79(57)4)54-32-30-52(72-54)61(50-28-26-48(59)70-50)41-18-10-14-22-45(41)75-64(82)56-34-67-37-78(56)3/h8-23,25-38,69,72H,5-7,24H2,1-4H3,(H,73,80)(H,74,81)(H,75,82)(H,76,83). The number of aromatic amines is 2. The van der Waals surface area contributed by atoms with E-state index in [2.05, 4.69) is 53.1 Å². The zero-order chi connectivity index (χ0) is 57.1. The van der Waals surface area contributed by atoms with Gasteiger partial charge in [0.25, 0.3) is 17.7 Å². The number of anilines is 4. The van der Waals surface area contributed by atoms with E-state index in [9.17, 15) is 19.2 Å². The van der Waals surface area contributed by atoms with Crippen molar-refractivity contribution in [2.45, 2.75) is 32.6 Å². The molecule has 0 aliphatic carbocycles. The maximum absolute atomic E-state index is 14.1. The number of fused-ring (bicyclic) bond motifs is 8. The molecule has 4 amide bonds. The van der Waals surface area contributed by atoms with E-state index in [0.717, 1.165) is 24.8 Å². The predicted octanol–water partition coefficient (Wildman–Crippen LogP) is 12.8. The van der Waals surface area contributed by atoms with E-state index in [1.165, 1.54) is 18.6 Å². The molecule has 6 N–H and O–H groups in total. The van der Waals surface area contributed by atoms with Gasteiger partial charge in [-0.3, -0.25) is 19.2 Å². The molecule has 410 valence electrons. The number of imidazole rings is 3. The Hall–Kier alpha value is -11.0. The Balaban J connectivity index is 1.18. The number of unbranched alkanes of at least 4 members (excludes halogenated alkanes) is 2. The van der Waals surface area contributed by atoms with Crippen LogP contribution in [0.25, 0.3) is 90.9 Å². The Morgan fingerprint density at radius 3 is 1.00 bits per heavy atom. The topological polar surface area (TPSA) is 227 Å². The molecule has 8 heterocycles. The second-order valence-electron chi connectivity index (χ2n) is 20.2. The summed E-state index contributed by atoms with van der Waals surface area (Å²) in [4.78, 5) is 87.1. The van der Waals surface area contributed by atoms with Crippen molar-refractivity contribution in [1.29, 1.82) is 0 Å². The molecule has 18 nitrogen and oxygen atoms in total. The maximum atomic E-state index is 14.1. The predicted molar refractivity (Wildman–Crippen MR) is 327 cm³/mol. The average Bonchev–Trinajstić information content (AvgIpc) is 4.41. The molecule has 4 aromatic carbocycles. The van der Waals surface area contributed by atoms with Gasteiger partial charge in [0, 0.05) is 117 Å². The van der Waals surface area contributed by atoms with Crippen LogP contribution < -0.4 is 21.3 Å². The lowest BCUT2D eigenvalue weighted by molar-refractivity contribution is -0.116. The molecule has 0 unspecified atom stereocenters. The molecule has 18 heteroatoms. The fraction of sp³-hybridized carbons (Fsp3) is 0.123. The Morgan fingerprint density at radius 1 is 0.410 bits per heavy atom. The lowest BCUT2D eigenvalue weighted by Gasteiger charge is -2.14. The van der Waals surface area contributed by atoms with Crippen molar-refractivity contribution in [3.63, 3.8) is 0 Å². The minimum atomic E-state index is -0.357. The number of aromatic nitrogens is 10. The van der Waals surface area contributed by atoms with E-state index >= 15 is 0 Å². The van der Waals surface area contributed by atoms with Crippen molar-refractivity contribution < 1.29 is 19.2 Å². The molecular weight excluding hydrogens is 1040 g/mol. The first-order chi connectivity index (χ1) is 40.5. The quantitative estimate of drug-likeness (QED) is 0.0536. The second kappa shape index (κ2) is 22.6. The van der Waals surface area contributed by atoms with Crippen LogP contribution in [-0.2, 0) is 25.9 Å². The summed E-state index contributed by atoms with van der Waals surface area (Å²) < 4.78 is 4.98. The summed E-state index contributed by atoms with van der Waals surface area (Å²) in [5.74, 6) is -1.16. The average molecular weight is 1100 g/mol. The number of nitrogens with one attached hydrogen (secondary N) is 6. The van der Waals surface area contributed by atoms with E-state index in [1.54, 1.807) is 53.8 Å². The van der Waals surface area contributed by atoms with Gasteiger partial charge in [0.2, 0.25) is 5.91 Å². The van der Waals surface area contributed by atoms with E-state index in [1.807, 2.05) is 146 Å². The van der Waals surface area contributed by atoms with E-state index in [4.69, 9.17) is 9.97 Å². The minimum Gasteiger partial charge on any atom is -0.354 e. The van der Waals surface area contributed by atoms with E-state index in [0.29, 0.717) is 130 Å². The number of carbonyl (C=O) groups is 4. The zero-order valence-corrected chi connectivity index (χ0v) is 45.9. The van der Waals surface area contributed by atoms with Gasteiger partial charge in [-0.1, -0.05) is 92.6 Å². The van der Waals surface area contributed by atoms with Gasteiger partial charge in [-0.15, -0.1) is 0 Å². The van der Waals surface area contributed by atoms with Crippen LogP contribution in [0.15, 0.2) is 159 Å². The number of nitrogens with zero attached hydrogens (tertiary/aromatic N) is 8. The molecule has 10 aromatic rings. The van der Waals surface area contributed by atoms with E-state index < -0.39 is 0 Å². The number of aryl methyl sites for hydroxylation is 3. The van der Waals surface area contributed by atoms with Crippen LogP contribution in [0.3, 0.4) is 0 Å². The van der Waals surface area contributed by atoms with Crippen molar-refractivity contribution in [1.82, 2.24) is 48.6 Å². The van der Waals surface area contributed by atoms with Crippen LogP contribution in [0.1, 0.15) is 86.8 Å². The van der Waals surface area contributed by atoms with Gasteiger partial charge in [-0.2, -0.15) is 0 Å². The fourth-order valence-corrected chi connectivity index (χ4v) is 10.6. The number of benzene rings is 4. The molecule has 12 rings (SSSR count). The smallest absolute Gasteiger partial charge is 0.273 e. The SMILES string of the molecule is CCCCCC(=O)Nc1ccccc1-c1c2nc(c(-c3ccccc3NC(=O)c3cncn3C)c3ccc([nH]3)c(-c3ccccc3NC(=O)c3cncn3C)c3nc(c(-c4ccccc4NC(=O)c4cncn4C)c4ccc1[nH]4)C=C3)C=C2. The molecule has 83 heavy (non-hydrogen) atoms. The summed E-state index contributed by atoms with van der Waals surface area (Å²) >= 11 is 0. The highest BCUT2D eigenvalue weighted by Gasteiger charge is 2.25. The number of hydrogen-bond donors (Lipinski definition) is 6. The van der Waals surface area contributed by atoms with Crippen LogP contribution in [-0.4, -0.2) is 72.2 Å². The van der Waals surface area contributed by atoms with Gasteiger partial charge in [0.15, 0.2) is 0 Å². The summed E-state index contributed by atoms with van der Waals surface area (Å²) in [7, 11) is 5.29. The Kier molecular flexibility index (Phi) is 14.4. The number of amides is 4. The molecule has 0 fully saturated rings. The van der Waals surface area contributed by atoms with Crippen molar-refractivity contribution in [2.75, 3.05) is 21.3 Å². The molecule has 6 aromatic heterocycles. The van der Waals surface area contributed by atoms with Gasteiger partial charge in [0.05, 0.1) is 60.3 Å². The normalized spacial score (nSPS) is 11.7. The molecule has 0 saturated carbocycles. The Morgan fingerprint density at radius 2 is 0.711 bits per heavy atom. The number of hydrogen-bond acceptors (Lipinski definition) is 9. The van der Waals surface area contributed by atoms with Gasteiger partial charge in [-0.25, -0.2) is 24.9 Å². The number of rotatable bonds is 15. The first-order valence-electron chi connectivity index (χ1n) is 27.2. The fourth-order valence-electron chi connectivity index (χ4n) is 10.6. The van der Waals surface area contributed by atoms with Crippen LogP contribution >= 0.6 is 0 Å². The molecule has 0 spiro atoms. The lowest BCUT2D eigenvalue weighted by Crippen LogP contribution is -2.16. The summed E-state index contributed by atoms with van der Waals surface area (Å²) in [6.07, 6.45) is 20.1. The van der Waals surface area contributed by atoms with Crippen LogP contribution in [0.4, 0.5) is 22.7 Å². The molecule has 2 aliphatic heterocycles. The molecule has 2 aliphatic rings. The lowest BCUT2D eigenvalue weighted by atomic mass is 10.0. The number of para-hydroxylation sites is 4. The highest BCUT2D eigenvalue weighted by molar-refractivity contribution is 6.11. The van der Waals surface area contributed by atoms with Crippen LogP contribution in [0.2, 0.25) is 0 Å².